The summed E-state index contributed by atoms with van der Waals surface area (Å²) in [6.45, 7) is 2.29. The Hall–Kier alpha value is -1.76. The van der Waals surface area contributed by atoms with E-state index in [9.17, 15) is 0 Å². The van der Waals surface area contributed by atoms with Crippen molar-refractivity contribution in [3.05, 3.63) is 54.1 Å². The summed E-state index contributed by atoms with van der Waals surface area (Å²) in [7, 11) is 0. The Balaban J connectivity index is 1.48. The largest absolute Gasteiger partial charge is 0.195 e. The summed E-state index contributed by atoms with van der Waals surface area (Å²) in [5.74, 6) is 1.73. The Kier molecular flexibility index (Phi) is 8.45. The molecular weight excluding hydrogens is 358 g/mol. The maximum Gasteiger partial charge on any atom is 0.0739 e. The number of aliphatic imine (C=N–C) groups is 1. The number of thiocarbonyl (C=S) groups is 1. The average Bonchev–Trinajstić information content (AvgIpc) is 2.75. The molecule has 0 aliphatic heterocycles. The topological polar surface area (TPSA) is 12.4 Å². The predicted molar refractivity (Wildman–Crippen MR) is 125 cm³/mol. The Morgan fingerprint density at radius 2 is 1.43 bits per heavy atom. The van der Waals surface area contributed by atoms with Gasteiger partial charge in [0.25, 0.3) is 0 Å². The minimum atomic E-state index is 0.754. The maximum absolute atomic E-state index is 4.66. The summed E-state index contributed by atoms with van der Waals surface area (Å²) in [6, 6.07) is 17.4. The van der Waals surface area contributed by atoms with Crippen molar-refractivity contribution in [2.24, 2.45) is 10.9 Å². The molecule has 0 spiro atoms. The van der Waals surface area contributed by atoms with Crippen LogP contribution in [0.2, 0.25) is 0 Å². The molecule has 1 saturated carbocycles. The van der Waals surface area contributed by atoms with Crippen LogP contribution < -0.4 is 0 Å². The molecule has 0 atom stereocenters. The molecule has 2 heteroatoms. The van der Waals surface area contributed by atoms with Gasteiger partial charge in [0, 0.05) is 0 Å². The summed E-state index contributed by atoms with van der Waals surface area (Å²) in [5, 5.41) is 2.42. The van der Waals surface area contributed by atoms with Crippen molar-refractivity contribution in [1.82, 2.24) is 0 Å². The lowest BCUT2D eigenvalue weighted by Gasteiger charge is -2.29. The molecule has 1 fully saturated rings. The molecule has 28 heavy (non-hydrogen) atoms. The van der Waals surface area contributed by atoms with Gasteiger partial charge in [0.2, 0.25) is 0 Å². The summed E-state index contributed by atoms with van der Waals surface area (Å²) in [5.41, 5.74) is 4.87. The number of isothiocyanates is 1. The zero-order chi connectivity index (χ0) is 19.6. The van der Waals surface area contributed by atoms with Gasteiger partial charge in [-0.25, -0.2) is 0 Å². The van der Waals surface area contributed by atoms with Gasteiger partial charge in [-0.15, -0.1) is 0 Å². The van der Waals surface area contributed by atoms with Gasteiger partial charge >= 0.3 is 0 Å². The fourth-order valence-corrected chi connectivity index (χ4v) is 4.66. The van der Waals surface area contributed by atoms with Gasteiger partial charge < -0.3 is 0 Å². The van der Waals surface area contributed by atoms with E-state index < -0.39 is 0 Å². The lowest BCUT2D eigenvalue weighted by atomic mass is 9.77. The molecule has 2 aromatic carbocycles. The normalized spacial score (nSPS) is 19.2. The Labute approximate surface area is 176 Å². The number of nitrogens with zero attached hydrogens (tertiary/aromatic N) is 1. The van der Waals surface area contributed by atoms with Gasteiger partial charge in [0.15, 0.2) is 0 Å². The second-order valence-corrected chi connectivity index (χ2v) is 8.48. The lowest BCUT2D eigenvalue weighted by molar-refractivity contribution is 0.302. The molecule has 0 heterocycles. The molecule has 148 valence electrons. The van der Waals surface area contributed by atoms with E-state index in [-0.39, 0.29) is 0 Å². The maximum atomic E-state index is 4.66. The Bertz CT molecular complexity index is 748. The van der Waals surface area contributed by atoms with Crippen molar-refractivity contribution >= 4 is 23.1 Å². The fraction of sp³-hybridized carbons (Fsp3) is 0.500. The number of hydrogen-bond acceptors (Lipinski definition) is 2. The average molecular weight is 392 g/mol. The summed E-state index contributed by atoms with van der Waals surface area (Å²) in [4.78, 5) is 4.02. The molecule has 1 aliphatic carbocycles. The van der Waals surface area contributed by atoms with Crippen LogP contribution in [-0.2, 0) is 0 Å². The van der Waals surface area contributed by atoms with E-state index >= 15 is 0 Å². The second-order valence-electron chi connectivity index (χ2n) is 8.29. The highest BCUT2D eigenvalue weighted by atomic mass is 32.1. The molecule has 0 amide bonds. The molecule has 0 saturated heterocycles. The molecule has 0 unspecified atom stereocenters. The van der Waals surface area contributed by atoms with Crippen LogP contribution in [0.4, 0.5) is 5.69 Å². The van der Waals surface area contributed by atoms with Gasteiger partial charge in [-0.1, -0.05) is 81.8 Å². The molecule has 1 nitrogen and oxygen atoms in total. The van der Waals surface area contributed by atoms with Crippen molar-refractivity contribution in [1.29, 1.82) is 0 Å². The third-order valence-corrected chi connectivity index (χ3v) is 6.41. The molecule has 3 rings (SSSR count). The molecule has 0 aromatic heterocycles. The third-order valence-electron chi connectivity index (χ3n) is 6.32. The number of benzene rings is 2. The van der Waals surface area contributed by atoms with E-state index in [0.717, 1.165) is 17.5 Å². The summed E-state index contributed by atoms with van der Waals surface area (Å²) >= 11 is 4.66. The summed E-state index contributed by atoms with van der Waals surface area (Å²) in [6.07, 6.45) is 14.1. The minimum absolute atomic E-state index is 0.754. The first-order valence-corrected chi connectivity index (χ1v) is 11.5. The van der Waals surface area contributed by atoms with E-state index in [1.165, 1.54) is 80.9 Å². The van der Waals surface area contributed by atoms with E-state index in [1.54, 1.807) is 0 Å². The zero-order valence-corrected chi connectivity index (χ0v) is 18.0. The van der Waals surface area contributed by atoms with Gasteiger partial charge in [-0.2, -0.15) is 4.99 Å². The monoisotopic (exact) mass is 391 g/mol. The van der Waals surface area contributed by atoms with Gasteiger partial charge in [-0.05, 0) is 78.6 Å². The first-order valence-electron chi connectivity index (χ1n) is 11.1. The first kappa shape index (κ1) is 21.0. The van der Waals surface area contributed by atoms with Crippen molar-refractivity contribution in [2.45, 2.75) is 77.0 Å². The van der Waals surface area contributed by atoms with Crippen LogP contribution in [0.1, 0.15) is 82.6 Å². The fourth-order valence-electron chi connectivity index (χ4n) is 4.55. The number of unbranched alkanes of at least 4 members (excludes halogenated alkanes) is 4. The van der Waals surface area contributed by atoms with Crippen LogP contribution in [-0.4, -0.2) is 5.16 Å². The van der Waals surface area contributed by atoms with Crippen molar-refractivity contribution in [3.8, 4) is 11.1 Å². The highest BCUT2D eigenvalue weighted by Crippen LogP contribution is 2.38. The van der Waals surface area contributed by atoms with Gasteiger partial charge in [0.1, 0.15) is 0 Å². The van der Waals surface area contributed by atoms with Crippen molar-refractivity contribution in [3.63, 3.8) is 0 Å². The predicted octanol–water partition coefficient (Wildman–Crippen LogP) is 8.72. The van der Waals surface area contributed by atoms with Crippen LogP contribution in [0.3, 0.4) is 0 Å². The van der Waals surface area contributed by atoms with Crippen LogP contribution in [0, 0.1) is 5.92 Å². The van der Waals surface area contributed by atoms with E-state index in [0.29, 0.717) is 0 Å². The van der Waals surface area contributed by atoms with Gasteiger partial charge in [-0.3, -0.25) is 0 Å². The number of hydrogen-bond donors (Lipinski definition) is 0. The van der Waals surface area contributed by atoms with E-state index in [2.05, 4.69) is 65.7 Å². The summed E-state index contributed by atoms with van der Waals surface area (Å²) < 4.78 is 0. The molecule has 0 radical (unpaired) electrons. The number of rotatable bonds is 9. The van der Waals surface area contributed by atoms with E-state index in [4.69, 9.17) is 0 Å². The minimum Gasteiger partial charge on any atom is -0.195 e. The highest BCUT2D eigenvalue weighted by molar-refractivity contribution is 7.78. The second kappa shape index (κ2) is 11.3. The highest BCUT2D eigenvalue weighted by Gasteiger charge is 2.22. The lowest BCUT2D eigenvalue weighted by Crippen LogP contribution is -2.13. The van der Waals surface area contributed by atoms with Gasteiger partial charge in [0.05, 0.1) is 10.8 Å². The third kappa shape index (κ3) is 6.12. The van der Waals surface area contributed by atoms with Crippen LogP contribution in [0.25, 0.3) is 11.1 Å². The molecule has 0 N–H and O–H groups in total. The standard InChI is InChI=1S/C26H33NS/c1-2-3-4-5-6-7-21-8-10-22(11-9-21)23-12-14-24(15-13-23)25-16-18-26(19-17-25)27-20-28/h12-19,21-22H,2-11H2,1H3. The van der Waals surface area contributed by atoms with Crippen molar-refractivity contribution < 1.29 is 0 Å². The van der Waals surface area contributed by atoms with Crippen LogP contribution >= 0.6 is 12.2 Å². The van der Waals surface area contributed by atoms with Crippen molar-refractivity contribution in [2.75, 3.05) is 0 Å². The molecule has 0 bridgehead atoms. The molecular formula is C26H33NS. The molecule has 2 aromatic rings. The smallest absolute Gasteiger partial charge is 0.0739 e. The zero-order valence-electron chi connectivity index (χ0n) is 17.2. The van der Waals surface area contributed by atoms with Crippen LogP contribution in [0.15, 0.2) is 53.5 Å². The quantitative estimate of drug-likeness (QED) is 0.236. The first-order chi connectivity index (χ1) is 13.8. The van der Waals surface area contributed by atoms with E-state index in [1.807, 2.05) is 12.1 Å². The molecule has 1 aliphatic rings. The SMILES string of the molecule is CCCCCCCC1CCC(c2ccc(-c3ccc(N=C=S)cc3)cc2)CC1. The Morgan fingerprint density at radius 3 is 2.04 bits per heavy atom. The van der Waals surface area contributed by atoms with Crippen LogP contribution in [0.5, 0.6) is 0 Å². The Morgan fingerprint density at radius 1 is 0.821 bits per heavy atom.